The molecule has 1 N–H and O–H groups in total. The van der Waals surface area contributed by atoms with Crippen molar-refractivity contribution >= 4 is 17.9 Å². The van der Waals surface area contributed by atoms with Crippen molar-refractivity contribution in [3.8, 4) is 11.5 Å². The van der Waals surface area contributed by atoms with Crippen molar-refractivity contribution in [1.29, 1.82) is 0 Å². The van der Waals surface area contributed by atoms with E-state index in [4.69, 9.17) is 4.74 Å². The first-order valence-electron chi connectivity index (χ1n) is 7.09. The Morgan fingerprint density at radius 1 is 1.18 bits per heavy atom. The minimum absolute atomic E-state index is 0.0352. The summed E-state index contributed by atoms with van der Waals surface area (Å²) in [4.78, 5) is 12.3. The molecule has 1 aliphatic heterocycles. The largest absolute Gasteiger partial charge is 0.506 e. The zero-order valence-electron chi connectivity index (χ0n) is 12.2. The van der Waals surface area contributed by atoms with Gasteiger partial charge >= 0.3 is 0 Å². The number of carbonyl (C=O) groups excluding carboxylic acids is 1. The van der Waals surface area contributed by atoms with E-state index in [1.165, 1.54) is 11.6 Å². The molecule has 3 heteroatoms. The van der Waals surface area contributed by atoms with E-state index in [0.717, 1.165) is 5.56 Å². The molecule has 0 spiro atoms. The van der Waals surface area contributed by atoms with Crippen LogP contribution in [0, 0.1) is 6.92 Å². The van der Waals surface area contributed by atoms with Crippen LogP contribution in [0.2, 0.25) is 0 Å². The molecule has 0 radical (unpaired) electrons. The lowest BCUT2D eigenvalue weighted by molar-refractivity contribution is 0.104. The average Bonchev–Trinajstić information content (AvgIpc) is 2.55. The van der Waals surface area contributed by atoms with E-state index in [1.54, 1.807) is 30.4 Å². The molecule has 1 aliphatic rings. The van der Waals surface area contributed by atoms with Crippen LogP contribution in [0.1, 0.15) is 27.0 Å². The summed E-state index contributed by atoms with van der Waals surface area (Å²) in [6, 6.07) is 11.2. The van der Waals surface area contributed by atoms with E-state index >= 15 is 0 Å². The maximum absolute atomic E-state index is 12.3. The predicted molar refractivity (Wildman–Crippen MR) is 87.2 cm³/mol. The first-order chi connectivity index (χ1) is 10.6. The topological polar surface area (TPSA) is 46.5 Å². The number of ether oxygens (including phenoxy) is 1. The van der Waals surface area contributed by atoms with Crippen molar-refractivity contribution in [2.45, 2.75) is 6.92 Å². The van der Waals surface area contributed by atoms with Gasteiger partial charge in [-0.1, -0.05) is 35.9 Å². The lowest BCUT2D eigenvalue weighted by atomic mass is 10.0. The fraction of sp³-hybridized carbons (Fsp3) is 0.105. The zero-order chi connectivity index (χ0) is 15.5. The third-order valence-electron chi connectivity index (χ3n) is 3.57. The van der Waals surface area contributed by atoms with Crippen LogP contribution >= 0.6 is 0 Å². The van der Waals surface area contributed by atoms with Crippen LogP contribution in [0.3, 0.4) is 0 Å². The normalized spacial score (nSPS) is 13.0. The van der Waals surface area contributed by atoms with E-state index < -0.39 is 0 Å². The minimum Gasteiger partial charge on any atom is -0.506 e. The summed E-state index contributed by atoms with van der Waals surface area (Å²) in [5, 5.41) is 10.3. The number of carbonyl (C=O) groups is 1. The molecule has 2 aromatic rings. The number of aryl methyl sites for hydroxylation is 1. The zero-order valence-corrected chi connectivity index (χ0v) is 12.2. The number of fused-ring (bicyclic) bond motifs is 1. The quantitative estimate of drug-likeness (QED) is 0.687. The summed E-state index contributed by atoms with van der Waals surface area (Å²) in [6.07, 6.45) is 6.79. The van der Waals surface area contributed by atoms with Gasteiger partial charge in [0.1, 0.15) is 18.1 Å². The number of benzene rings is 2. The highest BCUT2D eigenvalue weighted by Gasteiger charge is 2.17. The molecule has 22 heavy (non-hydrogen) atoms. The monoisotopic (exact) mass is 292 g/mol. The molecule has 1 heterocycles. The van der Waals surface area contributed by atoms with Gasteiger partial charge in [-0.2, -0.15) is 0 Å². The molecule has 3 nitrogen and oxygen atoms in total. The van der Waals surface area contributed by atoms with Gasteiger partial charge in [0, 0.05) is 0 Å². The number of ketones is 1. The Morgan fingerprint density at radius 3 is 2.73 bits per heavy atom. The second-order valence-corrected chi connectivity index (χ2v) is 5.20. The highest BCUT2D eigenvalue weighted by Crippen LogP contribution is 2.34. The molecular weight excluding hydrogens is 276 g/mol. The molecular formula is C19H16O3. The first-order valence-corrected chi connectivity index (χ1v) is 7.09. The van der Waals surface area contributed by atoms with Gasteiger partial charge in [0.2, 0.25) is 0 Å². The van der Waals surface area contributed by atoms with Crippen LogP contribution in [0.4, 0.5) is 0 Å². The third-order valence-corrected chi connectivity index (χ3v) is 3.57. The van der Waals surface area contributed by atoms with Crippen LogP contribution in [-0.4, -0.2) is 17.5 Å². The minimum atomic E-state index is -0.236. The van der Waals surface area contributed by atoms with Gasteiger partial charge < -0.3 is 9.84 Å². The lowest BCUT2D eigenvalue weighted by Crippen LogP contribution is -2.03. The molecule has 0 atom stereocenters. The van der Waals surface area contributed by atoms with Gasteiger partial charge in [0.05, 0.1) is 11.1 Å². The summed E-state index contributed by atoms with van der Waals surface area (Å²) in [7, 11) is 0. The predicted octanol–water partition coefficient (Wildman–Crippen LogP) is 4.00. The van der Waals surface area contributed by atoms with Gasteiger partial charge in [-0.3, -0.25) is 4.79 Å². The van der Waals surface area contributed by atoms with E-state index in [0.29, 0.717) is 17.9 Å². The lowest BCUT2D eigenvalue weighted by Gasteiger charge is -2.14. The summed E-state index contributed by atoms with van der Waals surface area (Å²) >= 11 is 0. The number of phenols is 1. The van der Waals surface area contributed by atoms with Crippen LogP contribution in [0.25, 0.3) is 12.2 Å². The Balaban J connectivity index is 1.87. The fourth-order valence-electron chi connectivity index (χ4n) is 2.32. The second kappa shape index (κ2) is 5.90. The molecule has 0 amide bonds. The average molecular weight is 292 g/mol. The molecule has 3 rings (SSSR count). The van der Waals surface area contributed by atoms with Crippen molar-refractivity contribution in [2.24, 2.45) is 0 Å². The SMILES string of the molecule is Cc1ccc(/C=C/C(=O)c2ccc3c(c2O)C=CCO3)cc1. The second-order valence-electron chi connectivity index (χ2n) is 5.20. The molecule has 110 valence electrons. The summed E-state index contributed by atoms with van der Waals surface area (Å²) in [5.41, 5.74) is 2.94. The van der Waals surface area contributed by atoms with Crippen LogP contribution < -0.4 is 4.74 Å². The van der Waals surface area contributed by atoms with Crippen LogP contribution in [-0.2, 0) is 0 Å². The summed E-state index contributed by atoms with van der Waals surface area (Å²) < 4.78 is 5.40. The molecule has 0 saturated carbocycles. The summed E-state index contributed by atoms with van der Waals surface area (Å²) in [5.74, 6) is 0.325. The molecule has 0 bridgehead atoms. The number of phenolic OH excluding ortho intramolecular Hbond substituents is 1. The standard InChI is InChI=1S/C19H16O3/c1-13-4-6-14(7-5-13)8-10-17(20)15-9-11-18-16(19(15)21)3-2-12-22-18/h2-11,21H,12H2,1H3/b10-8+. The molecule has 0 fully saturated rings. The molecule has 0 aliphatic carbocycles. The van der Waals surface area contributed by atoms with Gasteiger partial charge in [-0.05, 0) is 42.8 Å². The van der Waals surface area contributed by atoms with Gasteiger partial charge in [-0.25, -0.2) is 0 Å². The highest BCUT2D eigenvalue weighted by atomic mass is 16.5. The van der Waals surface area contributed by atoms with E-state index in [2.05, 4.69) is 0 Å². The Labute approximate surface area is 129 Å². The smallest absolute Gasteiger partial charge is 0.189 e. The van der Waals surface area contributed by atoms with Crippen molar-refractivity contribution in [3.05, 3.63) is 70.8 Å². The Morgan fingerprint density at radius 2 is 1.95 bits per heavy atom. The summed E-state index contributed by atoms with van der Waals surface area (Å²) in [6.45, 7) is 2.49. The third kappa shape index (κ3) is 2.79. The number of allylic oxidation sites excluding steroid dienone is 1. The fourth-order valence-corrected chi connectivity index (χ4v) is 2.32. The van der Waals surface area contributed by atoms with Crippen molar-refractivity contribution in [1.82, 2.24) is 0 Å². The van der Waals surface area contributed by atoms with Crippen molar-refractivity contribution in [3.63, 3.8) is 0 Å². The first kappa shape index (κ1) is 14.1. The Kier molecular flexibility index (Phi) is 3.79. The number of aromatic hydroxyl groups is 1. The maximum Gasteiger partial charge on any atom is 0.189 e. The van der Waals surface area contributed by atoms with E-state index in [9.17, 15) is 9.90 Å². The molecule has 0 aromatic heterocycles. The maximum atomic E-state index is 12.3. The number of hydrogen-bond acceptors (Lipinski definition) is 3. The van der Waals surface area contributed by atoms with E-state index in [1.807, 2.05) is 31.2 Å². The molecule has 0 unspecified atom stereocenters. The molecule has 2 aromatic carbocycles. The Bertz CT molecular complexity index is 768. The van der Waals surface area contributed by atoms with E-state index in [-0.39, 0.29) is 17.1 Å². The van der Waals surface area contributed by atoms with Gasteiger partial charge in [0.15, 0.2) is 5.78 Å². The van der Waals surface area contributed by atoms with Crippen LogP contribution in [0.15, 0.2) is 48.6 Å². The van der Waals surface area contributed by atoms with Crippen LogP contribution in [0.5, 0.6) is 11.5 Å². The number of hydrogen-bond donors (Lipinski definition) is 1. The number of rotatable bonds is 3. The van der Waals surface area contributed by atoms with Crippen molar-refractivity contribution < 1.29 is 14.6 Å². The van der Waals surface area contributed by atoms with Gasteiger partial charge in [0.25, 0.3) is 0 Å². The highest BCUT2D eigenvalue weighted by molar-refractivity contribution is 6.09. The van der Waals surface area contributed by atoms with Crippen molar-refractivity contribution in [2.75, 3.05) is 6.61 Å². The molecule has 0 saturated heterocycles. The van der Waals surface area contributed by atoms with Gasteiger partial charge in [-0.15, -0.1) is 0 Å². The Hall–Kier alpha value is -2.81.